The second kappa shape index (κ2) is 3.60. The van der Waals surface area contributed by atoms with Crippen LogP contribution in [0.3, 0.4) is 0 Å². The molecule has 1 aliphatic carbocycles. The average molecular weight is 219 g/mol. The van der Waals surface area contributed by atoms with E-state index in [2.05, 4.69) is 10.8 Å². The van der Waals surface area contributed by atoms with Gasteiger partial charge in [-0.15, -0.1) is 0 Å². The summed E-state index contributed by atoms with van der Waals surface area (Å²) in [6, 6.07) is 6.06. The van der Waals surface area contributed by atoms with E-state index in [0.717, 1.165) is 6.07 Å². The van der Waals surface area contributed by atoms with Crippen LogP contribution < -0.4 is 0 Å². The highest BCUT2D eigenvalue weighted by molar-refractivity contribution is 5.92. The Morgan fingerprint density at radius 2 is 2.25 bits per heavy atom. The topological polar surface area (TPSA) is 50.1 Å². The Hall–Kier alpha value is -1.89. The van der Waals surface area contributed by atoms with Gasteiger partial charge < -0.3 is 4.74 Å². The molecule has 0 amide bonds. The van der Waals surface area contributed by atoms with Crippen LogP contribution in [0, 0.1) is 17.1 Å². The number of rotatable bonds is 2. The van der Waals surface area contributed by atoms with Crippen molar-refractivity contribution in [2.24, 2.45) is 0 Å². The Balaban J connectivity index is 2.54. The predicted octanol–water partition coefficient (Wildman–Crippen LogP) is 2.17. The lowest BCUT2D eigenvalue weighted by molar-refractivity contribution is 0.0598. The molecule has 0 atom stereocenters. The molecule has 1 aliphatic rings. The standard InChI is InChI=1S/C12H10FNO2/c1-16-11(15)9-6-8(13)2-3-10(9)12(7-14)4-5-12/h2-3,6H,4-5H2,1H3. The van der Waals surface area contributed by atoms with E-state index in [1.54, 1.807) is 0 Å². The highest BCUT2D eigenvalue weighted by Gasteiger charge is 2.47. The number of ether oxygens (including phenoxy) is 1. The molecule has 0 aromatic heterocycles. The monoisotopic (exact) mass is 219 g/mol. The minimum absolute atomic E-state index is 0.154. The van der Waals surface area contributed by atoms with Crippen molar-refractivity contribution in [1.29, 1.82) is 5.26 Å². The minimum Gasteiger partial charge on any atom is -0.465 e. The summed E-state index contributed by atoms with van der Waals surface area (Å²) >= 11 is 0. The predicted molar refractivity (Wildman–Crippen MR) is 54.3 cm³/mol. The first-order valence-electron chi connectivity index (χ1n) is 4.92. The van der Waals surface area contributed by atoms with E-state index in [1.807, 2.05) is 0 Å². The Labute approximate surface area is 92.4 Å². The van der Waals surface area contributed by atoms with Crippen molar-refractivity contribution in [1.82, 2.24) is 0 Å². The van der Waals surface area contributed by atoms with E-state index in [4.69, 9.17) is 5.26 Å². The van der Waals surface area contributed by atoms with Crippen molar-refractivity contribution in [3.63, 3.8) is 0 Å². The number of hydrogen-bond donors (Lipinski definition) is 0. The summed E-state index contributed by atoms with van der Waals surface area (Å²) in [7, 11) is 1.24. The van der Waals surface area contributed by atoms with Crippen LogP contribution in [0.4, 0.5) is 4.39 Å². The first-order chi connectivity index (χ1) is 7.63. The Kier molecular flexibility index (Phi) is 2.39. The molecule has 1 aromatic carbocycles. The summed E-state index contributed by atoms with van der Waals surface area (Å²) < 4.78 is 17.7. The fraction of sp³-hybridized carbons (Fsp3) is 0.333. The number of methoxy groups -OCH3 is 1. The number of nitriles is 1. The Morgan fingerprint density at radius 1 is 1.56 bits per heavy atom. The van der Waals surface area contributed by atoms with Crippen LogP contribution in [-0.4, -0.2) is 13.1 Å². The Bertz CT molecular complexity index is 486. The maximum atomic E-state index is 13.1. The van der Waals surface area contributed by atoms with E-state index in [0.29, 0.717) is 18.4 Å². The third kappa shape index (κ3) is 1.54. The van der Waals surface area contributed by atoms with Gasteiger partial charge in [0, 0.05) is 0 Å². The normalized spacial score (nSPS) is 16.3. The zero-order valence-electron chi connectivity index (χ0n) is 8.79. The lowest BCUT2D eigenvalue weighted by Gasteiger charge is -2.11. The van der Waals surface area contributed by atoms with Crippen molar-refractivity contribution >= 4 is 5.97 Å². The summed E-state index contributed by atoms with van der Waals surface area (Å²) in [5, 5.41) is 9.06. The average Bonchev–Trinajstić information content (AvgIpc) is 3.08. The quantitative estimate of drug-likeness (QED) is 0.716. The molecule has 82 valence electrons. The molecule has 16 heavy (non-hydrogen) atoms. The molecule has 0 bridgehead atoms. The van der Waals surface area contributed by atoms with Gasteiger partial charge in [0.2, 0.25) is 0 Å². The third-order valence-corrected chi connectivity index (χ3v) is 2.87. The fourth-order valence-electron chi connectivity index (χ4n) is 1.78. The van der Waals surface area contributed by atoms with Gasteiger partial charge in [0.05, 0.1) is 24.2 Å². The van der Waals surface area contributed by atoms with Gasteiger partial charge in [0.15, 0.2) is 0 Å². The van der Waals surface area contributed by atoms with Gasteiger partial charge in [0.1, 0.15) is 5.82 Å². The second-order valence-electron chi connectivity index (χ2n) is 3.88. The molecule has 2 rings (SSSR count). The van der Waals surface area contributed by atoms with Crippen molar-refractivity contribution in [3.8, 4) is 6.07 Å². The molecule has 0 spiro atoms. The van der Waals surface area contributed by atoms with Gasteiger partial charge in [-0.1, -0.05) is 6.07 Å². The largest absolute Gasteiger partial charge is 0.465 e. The number of hydrogen-bond acceptors (Lipinski definition) is 3. The van der Waals surface area contributed by atoms with E-state index in [9.17, 15) is 9.18 Å². The van der Waals surface area contributed by atoms with Crippen LogP contribution in [0.1, 0.15) is 28.8 Å². The molecule has 0 heterocycles. The first kappa shape index (κ1) is 10.6. The SMILES string of the molecule is COC(=O)c1cc(F)ccc1C1(C#N)CC1. The van der Waals surface area contributed by atoms with E-state index >= 15 is 0 Å². The van der Waals surface area contributed by atoms with Crippen LogP contribution in [-0.2, 0) is 10.2 Å². The van der Waals surface area contributed by atoms with Crippen LogP contribution in [0.25, 0.3) is 0 Å². The molecule has 1 aromatic rings. The molecular weight excluding hydrogens is 209 g/mol. The Morgan fingerprint density at radius 3 is 2.75 bits per heavy atom. The van der Waals surface area contributed by atoms with E-state index < -0.39 is 17.2 Å². The summed E-state index contributed by atoms with van der Waals surface area (Å²) in [4.78, 5) is 11.5. The van der Waals surface area contributed by atoms with Crippen LogP contribution in [0.15, 0.2) is 18.2 Å². The number of halogens is 1. The summed E-state index contributed by atoms with van der Waals surface area (Å²) in [6.45, 7) is 0. The van der Waals surface area contributed by atoms with E-state index in [-0.39, 0.29) is 5.56 Å². The maximum absolute atomic E-state index is 13.1. The van der Waals surface area contributed by atoms with E-state index in [1.165, 1.54) is 19.2 Å². The number of esters is 1. The molecule has 0 N–H and O–H groups in total. The number of carbonyl (C=O) groups excluding carboxylic acids is 1. The maximum Gasteiger partial charge on any atom is 0.338 e. The van der Waals surface area contributed by atoms with Crippen molar-refractivity contribution in [3.05, 3.63) is 35.1 Å². The fourth-order valence-corrected chi connectivity index (χ4v) is 1.78. The zero-order chi connectivity index (χ0) is 11.8. The zero-order valence-corrected chi connectivity index (χ0v) is 8.79. The minimum atomic E-state index is -0.614. The number of nitrogens with zero attached hydrogens (tertiary/aromatic N) is 1. The molecule has 4 heteroatoms. The van der Waals surface area contributed by atoms with Crippen molar-refractivity contribution < 1.29 is 13.9 Å². The lowest BCUT2D eigenvalue weighted by Crippen LogP contribution is -2.13. The smallest absolute Gasteiger partial charge is 0.338 e. The molecule has 0 saturated heterocycles. The molecule has 1 saturated carbocycles. The van der Waals surface area contributed by atoms with Crippen molar-refractivity contribution in [2.75, 3.05) is 7.11 Å². The number of carbonyl (C=O) groups is 1. The van der Waals surface area contributed by atoms with Gasteiger partial charge in [-0.05, 0) is 30.5 Å². The molecular formula is C12H10FNO2. The van der Waals surface area contributed by atoms with Gasteiger partial charge in [0.25, 0.3) is 0 Å². The molecule has 0 unspecified atom stereocenters. The third-order valence-electron chi connectivity index (χ3n) is 2.87. The van der Waals surface area contributed by atoms with Gasteiger partial charge in [-0.25, -0.2) is 9.18 Å². The van der Waals surface area contributed by atoms with Gasteiger partial charge >= 0.3 is 5.97 Å². The lowest BCUT2D eigenvalue weighted by atomic mass is 9.92. The summed E-state index contributed by atoms with van der Waals surface area (Å²) in [6.07, 6.45) is 1.41. The first-order valence-corrected chi connectivity index (χ1v) is 4.92. The van der Waals surface area contributed by atoms with Crippen LogP contribution in [0.5, 0.6) is 0 Å². The highest BCUT2D eigenvalue weighted by atomic mass is 19.1. The summed E-state index contributed by atoms with van der Waals surface area (Å²) in [5.74, 6) is -1.10. The molecule has 0 aliphatic heterocycles. The molecule has 1 fully saturated rings. The highest BCUT2D eigenvalue weighted by Crippen LogP contribution is 2.48. The van der Waals surface area contributed by atoms with Gasteiger partial charge in [-0.2, -0.15) is 5.26 Å². The second-order valence-corrected chi connectivity index (χ2v) is 3.88. The van der Waals surface area contributed by atoms with Crippen LogP contribution in [0.2, 0.25) is 0 Å². The van der Waals surface area contributed by atoms with Gasteiger partial charge in [-0.3, -0.25) is 0 Å². The van der Waals surface area contributed by atoms with Crippen molar-refractivity contribution in [2.45, 2.75) is 18.3 Å². The van der Waals surface area contributed by atoms with Crippen LogP contribution >= 0.6 is 0 Å². The molecule has 0 radical (unpaired) electrons. The molecule has 3 nitrogen and oxygen atoms in total. The summed E-state index contributed by atoms with van der Waals surface area (Å²) in [5.41, 5.74) is 0.113. The number of benzene rings is 1.